The molecule has 0 aliphatic carbocycles. The van der Waals surface area contributed by atoms with E-state index >= 15 is 0 Å². The lowest BCUT2D eigenvalue weighted by molar-refractivity contribution is -0.122. The molecule has 1 amide bonds. The molecule has 1 rings (SSSR count). The first-order valence-electron chi connectivity index (χ1n) is 5.04. The molecule has 2 N–H and O–H groups in total. The van der Waals surface area contributed by atoms with Crippen molar-refractivity contribution in [3.8, 4) is 0 Å². The van der Waals surface area contributed by atoms with E-state index in [9.17, 15) is 4.79 Å². The molecule has 1 aromatic heterocycles. The Labute approximate surface area is 99.6 Å². The second-order valence-electron chi connectivity index (χ2n) is 3.74. The van der Waals surface area contributed by atoms with Gasteiger partial charge in [-0.15, -0.1) is 0 Å². The molecule has 0 radical (unpaired) electrons. The number of carbonyl (C=O) groups is 1. The lowest BCUT2D eigenvalue weighted by Crippen LogP contribution is -2.41. The Morgan fingerprint density at radius 3 is 2.69 bits per heavy atom. The van der Waals surface area contributed by atoms with Crippen LogP contribution in [0.5, 0.6) is 0 Å². The predicted molar refractivity (Wildman–Crippen MR) is 63.4 cm³/mol. The van der Waals surface area contributed by atoms with E-state index in [2.05, 4.69) is 20.6 Å². The number of nitrogens with zero attached hydrogens (tertiary/aromatic N) is 2. The number of carbonyl (C=O) groups excluding carboxylic acids is 1. The summed E-state index contributed by atoms with van der Waals surface area (Å²) in [4.78, 5) is 19.3. The van der Waals surface area contributed by atoms with Crippen LogP contribution in [0, 0.1) is 0 Å². The van der Waals surface area contributed by atoms with Crippen LogP contribution in [0.2, 0.25) is 5.28 Å². The predicted octanol–water partition coefficient (Wildman–Crippen LogP) is 1.45. The van der Waals surface area contributed by atoms with Crippen LogP contribution in [0.3, 0.4) is 0 Å². The Hall–Kier alpha value is -1.36. The van der Waals surface area contributed by atoms with E-state index in [0.717, 1.165) is 0 Å². The molecule has 5 nitrogen and oxygen atoms in total. The number of hydrogen-bond donors (Lipinski definition) is 2. The molecule has 0 fully saturated rings. The fourth-order valence-corrected chi connectivity index (χ4v) is 1.26. The number of hydrogen-bond acceptors (Lipinski definition) is 4. The first kappa shape index (κ1) is 12.7. The van der Waals surface area contributed by atoms with Crippen molar-refractivity contribution in [1.82, 2.24) is 15.3 Å². The molecular weight excluding hydrogens is 228 g/mol. The van der Waals surface area contributed by atoms with E-state index in [-0.39, 0.29) is 23.3 Å². The molecule has 1 heterocycles. The van der Waals surface area contributed by atoms with Crippen LogP contribution < -0.4 is 10.6 Å². The average molecular weight is 243 g/mol. The van der Waals surface area contributed by atoms with Gasteiger partial charge in [-0.2, -0.15) is 0 Å². The van der Waals surface area contributed by atoms with E-state index < -0.39 is 0 Å². The molecule has 88 valence electrons. The molecule has 1 atom stereocenters. The van der Waals surface area contributed by atoms with Gasteiger partial charge in [0.05, 0.1) is 0 Å². The summed E-state index contributed by atoms with van der Waals surface area (Å²) >= 11 is 5.63. The van der Waals surface area contributed by atoms with Crippen molar-refractivity contribution in [3.05, 3.63) is 17.5 Å². The zero-order valence-corrected chi connectivity index (χ0v) is 10.2. The summed E-state index contributed by atoms with van der Waals surface area (Å²) in [6.45, 7) is 5.58. The van der Waals surface area contributed by atoms with Crippen LogP contribution in [-0.2, 0) is 4.79 Å². The highest BCUT2D eigenvalue weighted by atomic mass is 35.5. The number of rotatable bonds is 4. The summed E-state index contributed by atoms with van der Waals surface area (Å²) in [6, 6.07) is 1.41. The van der Waals surface area contributed by atoms with Crippen LogP contribution in [-0.4, -0.2) is 28.0 Å². The Bertz CT molecular complexity index is 370. The first-order chi connectivity index (χ1) is 7.49. The molecule has 0 aliphatic heterocycles. The molecular formula is C10H15ClN4O. The smallest absolute Gasteiger partial charge is 0.242 e. The fourth-order valence-electron chi connectivity index (χ4n) is 1.11. The quantitative estimate of drug-likeness (QED) is 0.785. The molecule has 1 aromatic rings. The van der Waals surface area contributed by atoms with E-state index in [0.29, 0.717) is 5.82 Å². The van der Waals surface area contributed by atoms with Crippen molar-refractivity contribution in [2.24, 2.45) is 0 Å². The molecule has 1 unspecified atom stereocenters. The highest BCUT2D eigenvalue weighted by molar-refractivity contribution is 6.28. The zero-order chi connectivity index (χ0) is 12.1. The van der Waals surface area contributed by atoms with Crippen molar-refractivity contribution >= 4 is 23.3 Å². The van der Waals surface area contributed by atoms with Gasteiger partial charge in [0, 0.05) is 12.2 Å². The van der Waals surface area contributed by atoms with Crippen LogP contribution in [0.15, 0.2) is 12.3 Å². The lowest BCUT2D eigenvalue weighted by atomic mass is 10.3. The van der Waals surface area contributed by atoms with Crippen molar-refractivity contribution in [3.63, 3.8) is 0 Å². The van der Waals surface area contributed by atoms with Gasteiger partial charge in [0.15, 0.2) is 0 Å². The minimum absolute atomic E-state index is 0.0789. The normalized spacial score (nSPS) is 12.3. The van der Waals surface area contributed by atoms with Crippen LogP contribution >= 0.6 is 11.6 Å². The van der Waals surface area contributed by atoms with Gasteiger partial charge in [0.1, 0.15) is 11.9 Å². The van der Waals surface area contributed by atoms with Gasteiger partial charge in [0.2, 0.25) is 11.2 Å². The van der Waals surface area contributed by atoms with Gasteiger partial charge < -0.3 is 10.6 Å². The van der Waals surface area contributed by atoms with Gasteiger partial charge in [-0.1, -0.05) is 0 Å². The van der Waals surface area contributed by atoms with E-state index in [1.165, 1.54) is 6.20 Å². The van der Waals surface area contributed by atoms with Crippen molar-refractivity contribution < 1.29 is 4.79 Å². The summed E-state index contributed by atoms with van der Waals surface area (Å²) < 4.78 is 0. The van der Waals surface area contributed by atoms with Gasteiger partial charge in [-0.3, -0.25) is 4.79 Å². The van der Waals surface area contributed by atoms with Gasteiger partial charge >= 0.3 is 0 Å². The number of anilines is 1. The maximum Gasteiger partial charge on any atom is 0.242 e. The lowest BCUT2D eigenvalue weighted by Gasteiger charge is -2.16. The van der Waals surface area contributed by atoms with E-state index in [1.807, 2.05) is 13.8 Å². The summed E-state index contributed by atoms with van der Waals surface area (Å²) in [5.74, 6) is 0.455. The number of aromatic nitrogens is 2. The van der Waals surface area contributed by atoms with Crippen molar-refractivity contribution in [1.29, 1.82) is 0 Å². The molecule has 0 aromatic carbocycles. The molecule has 0 saturated carbocycles. The number of amides is 1. The van der Waals surface area contributed by atoms with Crippen molar-refractivity contribution in [2.75, 3.05) is 5.32 Å². The topological polar surface area (TPSA) is 66.9 Å². The summed E-state index contributed by atoms with van der Waals surface area (Å²) in [6.07, 6.45) is 1.53. The molecule has 6 heteroatoms. The second-order valence-corrected chi connectivity index (χ2v) is 4.08. The fraction of sp³-hybridized carbons (Fsp3) is 0.500. The summed E-state index contributed by atoms with van der Waals surface area (Å²) in [5, 5.41) is 5.89. The van der Waals surface area contributed by atoms with Crippen LogP contribution in [0.4, 0.5) is 5.82 Å². The van der Waals surface area contributed by atoms with Gasteiger partial charge in [0.25, 0.3) is 0 Å². The minimum atomic E-state index is -0.367. The largest absolute Gasteiger partial charge is 0.358 e. The number of halogens is 1. The highest BCUT2D eigenvalue weighted by Crippen LogP contribution is 2.07. The Morgan fingerprint density at radius 1 is 1.44 bits per heavy atom. The summed E-state index contributed by atoms with van der Waals surface area (Å²) in [7, 11) is 0. The van der Waals surface area contributed by atoms with Crippen LogP contribution in [0.1, 0.15) is 20.8 Å². The van der Waals surface area contributed by atoms with Crippen molar-refractivity contribution in [2.45, 2.75) is 32.9 Å². The molecule has 0 bridgehead atoms. The third kappa shape index (κ3) is 4.02. The van der Waals surface area contributed by atoms with Crippen LogP contribution in [0.25, 0.3) is 0 Å². The highest BCUT2D eigenvalue weighted by Gasteiger charge is 2.13. The molecule has 16 heavy (non-hydrogen) atoms. The third-order valence-corrected chi connectivity index (χ3v) is 2.00. The maximum atomic E-state index is 11.6. The average Bonchev–Trinajstić information content (AvgIpc) is 2.16. The standard InChI is InChI=1S/C10H15ClN4O/c1-6(2)13-9(16)7(3)14-8-4-5-12-10(11)15-8/h4-7H,1-3H3,(H,13,16)(H,12,14,15). The second kappa shape index (κ2) is 5.65. The Morgan fingerprint density at radius 2 is 2.12 bits per heavy atom. The SMILES string of the molecule is CC(C)NC(=O)C(C)Nc1ccnc(Cl)n1. The molecule has 0 spiro atoms. The third-order valence-electron chi connectivity index (χ3n) is 1.81. The summed E-state index contributed by atoms with van der Waals surface area (Å²) in [5.41, 5.74) is 0. The van der Waals surface area contributed by atoms with Gasteiger partial charge in [-0.25, -0.2) is 9.97 Å². The Balaban J connectivity index is 2.57. The van der Waals surface area contributed by atoms with Gasteiger partial charge in [-0.05, 0) is 38.4 Å². The monoisotopic (exact) mass is 242 g/mol. The minimum Gasteiger partial charge on any atom is -0.358 e. The van der Waals surface area contributed by atoms with E-state index in [4.69, 9.17) is 11.6 Å². The van der Waals surface area contributed by atoms with E-state index in [1.54, 1.807) is 13.0 Å². The molecule has 0 saturated heterocycles. The Kier molecular flexibility index (Phi) is 4.49. The first-order valence-corrected chi connectivity index (χ1v) is 5.42. The molecule has 0 aliphatic rings. The number of nitrogens with one attached hydrogen (secondary N) is 2. The maximum absolute atomic E-state index is 11.6. The zero-order valence-electron chi connectivity index (χ0n) is 9.49.